The number of carbonyl (C=O) groups is 1. The van der Waals surface area contributed by atoms with E-state index in [1.165, 1.54) is 0 Å². The molecule has 2 fully saturated rings. The normalized spacial score (nSPS) is 26.3. The molecule has 1 aromatic heterocycles. The van der Waals surface area contributed by atoms with Gasteiger partial charge in [0, 0.05) is 24.6 Å². The fourth-order valence-corrected chi connectivity index (χ4v) is 6.03. The highest BCUT2D eigenvalue weighted by Crippen LogP contribution is 2.40. The molecule has 2 heterocycles. The summed E-state index contributed by atoms with van der Waals surface area (Å²) in [4.78, 5) is 27.6. The minimum absolute atomic E-state index is 0.0430. The predicted octanol–water partition coefficient (Wildman–Crippen LogP) is 3.90. The second-order valence-corrected chi connectivity index (χ2v) is 10.0. The Hall–Kier alpha value is -2.34. The molecule has 1 aromatic carbocycles. The molecule has 1 amide bonds. The van der Waals surface area contributed by atoms with Crippen molar-refractivity contribution < 1.29 is 19.1 Å². The Morgan fingerprint density at radius 1 is 1.19 bits per heavy atom. The molecule has 1 aliphatic heterocycles. The molecular weight excluding hydrogens is 406 g/mol. The van der Waals surface area contributed by atoms with Crippen LogP contribution in [-0.2, 0) is 17.6 Å². The number of benzene rings is 1. The molecule has 172 valence electrons. The lowest BCUT2D eigenvalue weighted by atomic mass is 9.71. The zero-order valence-electron chi connectivity index (χ0n) is 19.1. The summed E-state index contributed by atoms with van der Waals surface area (Å²) >= 11 is 0. The van der Waals surface area contributed by atoms with Gasteiger partial charge in [-0.1, -0.05) is 12.8 Å². The number of hydrogen-bond acceptors (Lipinski definition) is 5. The number of piperidine rings is 1. The predicted molar refractivity (Wildman–Crippen MR) is 122 cm³/mol. The summed E-state index contributed by atoms with van der Waals surface area (Å²) in [6.07, 6.45) is 7.57. The van der Waals surface area contributed by atoms with E-state index >= 15 is 0 Å². The maximum absolute atomic E-state index is 13.3. The molecule has 6 nitrogen and oxygen atoms in total. The van der Waals surface area contributed by atoms with Gasteiger partial charge in [-0.2, -0.15) is 0 Å². The van der Waals surface area contributed by atoms with Gasteiger partial charge >= 0.3 is 5.63 Å². The van der Waals surface area contributed by atoms with E-state index in [-0.39, 0.29) is 17.5 Å². The van der Waals surface area contributed by atoms with Gasteiger partial charge in [-0.25, -0.2) is 4.79 Å². The number of carbonyl (C=O) groups excluding carboxylic acids is 1. The Morgan fingerprint density at radius 2 is 1.97 bits per heavy atom. The van der Waals surface area contributed by atoms with E-state index in [0.717, 1.165) is 73.4 Å². The van der Waals surface area contributed by atoms with Gasteiger partial charge in [0.15, 0.2) is 6.10 Å². The molecule has 32 heavy (non-hydrogen) atoms. The van der Waals surface area contributed by atoms with Crippen LogP contribution in [0.15, 0.2) is 21.3 Å². The van der Waals surface area contributed by atoms with Gasteiger partial charge in [-0.05, 0) is 82.1 Å². The molecule has 0 unspecified atom stereocenters. The first-order valence-electron chi connectivity index (χ1n) is 12.1. The van der Waals surface area contributed by atoms with Crippen LogP contribution in [0, 0.1) is 12.8 Å². The van der Waals surface area contributed by atoms with Crippen molar-refractivity contribution in [3.8, 4) is 5.75 Å². The van der Waals surface area contributed by atoms with Crippen LogP contribution in [0.4, 0.5) is 0 Å². The summed E-state index contributed by atoms with van der Waals surface area (Å²) in [7, 11) is 0. The maximum Gasteiger partial charge on any atom is 0.339 e. The number of aliphatic hydroxyl groups is 1. The number of amides is 1. The molecule has 5 rings (SSSR count). The Bertz CT molecular complexity index is 1110. The van der Waals surface area contributed by atoms with Crippen LogP contribution in [-0.4, -0.2) is 40.7 Å². The van der Waals surface area contributed by atoms with Gasteiger partial charge < -0.3 is 19.2 Å². The lowest BCUT2D eigenvalue weighted by molar-refractivity contribution is -0.149. The van der Waals surface area contributed by atoms with E-state index in [1.807, 2.05) is 24.0 Å². The first-order valence-corrected chi connectivity index (χ1v) is 12.1. The molecule has 1 saturated carbocycles. The highest BCUT2D eigenvalue weighted by molar-refractivity contribution is 5.89. The smallest absolute Gasteiger partial charge is 0.339 e. The molecule has 6 heteroatoms. The summed E-state index contributed by atoms with van der Waals surface area (Å²) in [6.45, 7) is 4.90. The first kappa shape index (κ1) is 21.5. The van der Waals surface area contributed by atoms with Crippen LogP contribution in [0.2, 0.25) is 0 Å². The van der Waals surface area contributed by atoms with Crippen molar-refractivity contribution >= 4 is 16.9 Å². The lowest BCUT2D eigenvalue weighted by Crippen LogP contribution is -2.56. The van der Waals surface area contributed by atoms with Gasteiger partial charge in [0.25, 0.3) is 5.91 Å². The van der Waals surface area contributed by atoms with Gasteiger partial charge in [0.1, 0.15) is 11.3 Å². The summed E-state index contributed by atoms with van der Waals surface area (Å²) in [5.74, 6) is 0.731. The van der Waals surface area contributed by atoms with Crippen molar-refractivity contribution in [1.82, 2.24) is 4.90 Å². The largest absolute Gasteiger partial charge is 0.480 e. The fraction of sp³-hybridized carbons (Fsp3) is 0.615. The van der Waals surface area contributed by atoms with E-state index in [0.29, 0.717) is 30.8 Å². The molecule has 0 bridgehead atoms. The quantitative estimate of drug-likeness (QED) is 0.734. The van der Waals surface area contributed by atoms with Crippen LogP contribution >= 0.6 is 0 Å². The Labute approximate surface area is 188 Å². The fourth-order valence-electron chi connectivity index (χ4n) is 6.03. The molecule has 1 saturated heterocycles. The van der Waals surface area contributed by atoms with Gasteiger partial charge in [0.05, 0.1) is 11.0 Å². The molecule has 1 N–H and O–H groups in total. The van der Waals surface area contributed by atoms with Gasteiger partial charge in [0.2, 0.25) is 0 Å². The monoisotopic (exact) mass is 439 g/mol. The SMILES string of the molecule is Cc1cc(O[C@H](C)C(=O)N2CC[C@]3(O)CCCC[C@@H]3C2)c2c3c(c(=O)oc2c1)CCCC3. The minimum atomic E-state index is -0.652. The second-order valence-electron chi connectivity index (χ2n) is 10.0. The molecule has 2 aliphatic carbocycles. The Kier molecular flexibility index (Phi) is 5.52. The molecule has 3 aliphatic rings. The number of nitrogens with zero attached hydrogens (tertiary/aromatic N) is 1. The number of aryl methyl sites for hydroxylation is 2. The highest BCUT2D eigenvalue weighted by Gasteiger charge is 2.44. The zero-order valence-corrected chi connectivity index (χ0v) is 19.1. The summed E-state index contributed by atoms with van der Waals surface area (Å²) < 4.78 is 11.9. The third kappa shape index (κ3) is 3.72. The standard InChI is InChI=1S/C26H33NO5/c1-16-13-21(23-19-8-3-4-9-20(19)25(29)32-22(23)14-16)31-17(2)24(28)27-12-11-26(30)10-6-5-7-18(26)15-27/h13-14,17-18,30H,3-12,15H2,1-2H3/t17-,18-,26-/m1/s1. The average molecular weight is 440 g/mol. The summed E-state index contributed by atoms with van der Waals surface area (Å²) in [5, 5.41) is 11.8. The van der Waals surface area contributed by atoms with Crippen molar-refractivity contribution in [2.24, 2.45) is 5.92 Å². The minimum Gasteiger partial charge on any atom is -0.480 e. The van der Waals surface area contributed by atoms with Gasteiger partial charge in [-0.15, -0.1) is 0 Å². The molecule has 3 atom stereocenters. The summed E-state index contributed by atoms with van der Waals surface area (Å²) in [6, 6.07) is 3.82. The molecule has 2 aromatic rings. The van der Waals surface area contributed by atoms with Crippen molar-refractivity contribution in [2.75, 3.05) is 13.1 Å². The maximum atomic E-state index is 13.3. The Balaban J connectivity index is 1.42. The number of ether oxygens (including phenoxy) is 1. The number of fused-ring (bicyclic) bond motifs is 4. The van der Waals surface area contributed by atoms with Crippen molar-refractivity contribution in [2.45, 2.75) is 83.3 Å². The second kappa shape index (κ2) is 8.22. The molecule has 0 radical (unpaired) electrons. The molecular formula is C26H33NO5. The lowest BCUT2D eigenvalue weighted by Gasteiger charge is -2.47. The van der Waals surface area contributed by atoms with Crippen LogP contribution in [0.5, 0.6) is 5.75 Å². The number of rotatable bonds is 3. The number of likely N-dealkylation sites (tertiary alicyclic amines) is 1. The highest BCUT2D eigenvalue weighted by atomic mass is 16.5. The average Bonchev–Trinajstić information content (AvgIpc) is 2.77. The van der Waals surface area contributed by atoms with E-state index in [9.17, 15) is 14.7 Å². The van der Waals surface area contributed by atoms with E-state index in [4.69, 9.17) is 9.15 Å². The van der Waals surface area contributed by atoms with Crippen LogP contribution in [0.1, 0.15) is 68.6 Å². The van der Waals surface area contributed by atoms with Crippen molar-refractivity contribution in [1.29, 1.82) is 0 Å². The topological polar surface area (TPSA) is 80.0 Å². The third-order valence-electron chi connectivity index (χ3n) is 7.82. The van der Waals surface area contributed by atoms with Crippen LogP contribution < -0.4 is 10.4 Å². The van der Waals surface area contributed by atoms with E-state index in [1.54, 1.807) is 6.92 Å². The van der Waals surface area contributed by atoms with Gasteiger partial charge in [-0.3, -0.25) is 4.79 Å². The van der Waals surface area contributed by atoms with Crippen LogP contribution in [0.25, 0.3) is 11.0 Å². The zero-order chi connectivity index (χ0) is 22.5. The van der Waals surface area contributed by atoms with E-state index in [2.05, 4.69) is 0 Å². The Morgan fingerprint density at radius 3 is 2.78 bits per heavy atom. The van der Waals surface area contributed by atoms with Crippen LogP contribution in [0.3, 0.4) is 0 Å². The van der Waals surface area contributed by atoms with E-state index < -0.39 is 11.7 Å². The first-order chi connectivity index (χ1) is 15.4. The summed E-state index contributed by atoms with van der Waals surface area (Å²) in [5.41, 5.74) is 2.38. The number of hydrogen-bond donors (Lipinski definition) is 1. The third-order valence-corrected chi connectivity index (χ3v) is 7.82. The van der Waals surface area contributed by atoms with Crippen molar-refractivity contribution in [3.05, 3.63) is 39.2 Å². The van der Waals surface area contributed by atoms with Crippen molar-refractivity contribution in [3.63, 3.8) is 0 Å². The molecule has 0 spiro atoms.